The Morgan fingerprint density at radius 3 is 2.44 bits per heavy atom. The second-order valence-corrected chi connectivity index (χ2v) is 12.8. The van der Waals surface area contributed by atoms with Gasteiger partial charge in [0.1, 0.15) is 11.8 Å². The molecule has 4 aromatic rings. The zero-order valence-electron chi connectivity index (χ0n) is 21.2. The molecule has 4 heterocycles. The van der Waals surface area contributed by atoms with E-state index < -0.39 is 51.4 Å². The summed E-state index contributed by atoms with van der Waals surface area (Å²) in [5.74, 6) is -3.32. The number of carbonyl (C=O) groups is 3. The molecule has 1 fully saturated rings. The molecule has 1 saturated heterocycles. The van der Waals surface area contributed by atoms with E-state index in [0.717, 1.165) is 56.6 Å². The van der Waals surface area contributed by atoms with E-state index in [0.29, 0.717) is 15.6 Å². The van der Waals surface area contributed by atoms with Crippen LogP contribution in [0.5, 0.6) is 0 Å². The molecule has 2 aromatic heterocycles. The van der Waals surface area contributed by atoms with E-state index in [9.17, 15) is 32.3 Å². The summed E-state index contributed by atoms with van der Waals surface area (Å²) in [6.07, 6.45) is -4.65. The van der Waals surface area contributed by atoms with Crippen LogP contribution < -0.4 is 15.1 Å². The van der Waals surface area contributed by atoms with Crippen LogP contribution in [-0.4, -0.2) is 27.5 Å². The van der Waals surface area contributed by atoms with Crippen molar-refractivity contribution in [1.29, 1.82) is 0 Å². The lowest BCUT2D eigenvalue weighted by atomic mass is 9.87. The third-order valence-electron chi connectivity index (χ3n) is 6.97. The highest BCUT2D eigenvalue weighted by molar-refractivity contribution is 8.00. The smallest absolute Gasteiger partial charge is 0.325 e. The molecule has 41 heavy (non-hydrogen) atoms. The van der Waals surface area contributed by atoms with Gasteiger partial charge in [0, 0.05) is 21.4 Å². The second kappa shape index (κ2) is 10.3. The number of nitrogens with zero attached hydrogens (tertiary/aromatic N) is 2. The summed E-state index contributed by atoms with van der Waals surface area (Å²) in [4.78, 5) is 55.3. The number of fused-ring (bicyclic) bond motifs is 2. The van der Waals surface area contributed by atoms with E-state index in [2.05, 4.69) is 5.32 Å². The van der Waals surface area contributed by atoms with E-state index in [-0.39, 0.29) is 12.2 Å². The molecule has 3 amide bonds. The van der Waals surface area contributed by atoms with Crippen molar-refractivity contribution in [3.63, 3.8) is 0 Å². The lowest BCUT2D eigenvalue weighted by Gasteiger charge is -2.29. The molecule has 2 aliphatic rings. The van der Waals surface area contributed by atoms with Crippen LogP contribution in [0.1, 0.15) is 26.8 Å². The molecule has 0 aliphatic carbocycles. The average Bonchev–Trinajstić information content (AvgIpc) is 3.62. The Hall–Kier alpha value is -3.68. The van der Waals surface area contributed by atoms with Gasteiger partial charge in [0.05, 0.1) is 22.2 Å². The topological polar surface area (TPSA) is 88.5 Å². The predicted molar refractivity (Wildman–Crippen MR) is 152 cm³/mol. The first-order valence-electron chi connectivity index (χ1n) is 12.4. The van der Waals surface area contributed by atoms with Crippen molar-refractivity contribution >= 4 is 63.5 Å². The highest BCUT2D eigenvalue weighted by atomic mass is 32.2. The van der Waals surface area contributed by atoms with Crippen molar-refractivity contribution in [3.05, 3.63) is 96.6 Å². The van der Waals surface area contributed by atoms with Crippen LogP contribution in [0.15, 0.2) is 75.9 Å². The molecule has 3 atom stereocenters. The van der Waals surface area contributed by atoms with Gasteiger partial charge in [-0.2, -0.15) is 13.2 Å². The molecule has 210 valence electrons. The highest BCUT2D eigenvalue weighted by Gasteiger charge is 2.57. The summed E-state index contributed by atoms with van der Waals surface area (Å²) in [6.45, 7) is 1.61. The number of aromatic nitrogens is 1. The Kier molecular flexibility index (Phi) is 6.91. The number of thioether (sulfide) groups is 1. The van der Waals surface area contributed by atoms with E-state index in [4.69, 9.17) is 0 Å². The minimum absolute atomic E-state index is 0.159. The van der Waals surface area contributed by atoms with Gasteiger partial charge in [0.2, 0.25) is 17.7 Å². The Bertz CT molecular complexity index is 1730. The Balaban J connectivity index is 1.38. The molecular weight excluding hydrogens is 596 g/mol. The summed E-state index contributed by atoms with van der Waals surface area (Å²) in [5, 5.41) is 4.00. The third kappa shape index (κ3) is 4.91. The molecule has 2 aliphatic heterocycles. The quantitative estimate of drug-likeness (QED) is 0.290. The number of hydrogen-bond acceptors (Lipinski definition) is 7. The number of benzene rings is 2. The fourth-order valence-corrected chi connectivity index (χ4v) is 8.81. The van der Waals surface area contributed by atoms with Crippen LogP contribution in [0, 0.1) is 12.8 Å². The third-order valence-corrected chi connectivity index (χ3v) is 10.5. The van der Waals surface area contributed by atoms with Crippen LogP contribution in [0.25, 0.3) is 0 Å². The standard InChI is InChI=1S/C28H20F3N3O4S3/c1-14-7-9-16(10-8-14)32-19(35)13-33-26-23(41-27(33)38)20(18-6-3-11-39-18)21-22(40-26)25(37)34(24(21)36)17-5-2-4-15(12-17)28(29,30)31/h2-12,20-22H,13H2,1H3,(H,32,35)/t20-,21-,22+/m0/s1. The number of nitrogens with one attached hydrogen (secondary N) is 1. The first kappa shape index (κ1) is 27.5. The molecule has 6 rings (SSSR count). The summed E-state index contributed by atoms with van der Waals surface area (Å²) in [5.41, 5.74) is 0.454. The molecule has 1 N–H and O–H groups in total. The maximum Gasteiger partial charge on any atom is 0.416 e. The van der Waals surface area contributed by atoms with E-state index >= 15 is 0 Å². The van der Waals surface area contributed by atoms with Crippen LogP contribution in [0.3, 0.4) is 0 Å². The largest absolute Gasteiger partial charge is 0.416 e. The van der Waals surface area contributed by atoms with E-state index in [1.165, 1.54) is 22.0 Å². The SMILES string of the molecule is Cc1ccc(NC(=O)Cn2c3c(sc2=O)[C@@H](c2cccs2)[C@@H]2C(=O)N(c4cccc(C(F)(F)F)c4)C(=O)[C@@H]2S3)cc1. The number of anilines is 2. The van der Waals surface area contributed by atoms with Crippen molar-refractivity contribution in [3.8, 4) is 0 Å². The normalized spacial score (nSPS) is 20.2. The monoisotopic (exact) mass is 615 g/mol. The number of hydrogen-bond donors (Lipinski definition) is 1. The maximum absolute atomic E-state index is 13.8. The maximum atomic E-state index is 13.8. The molecule has 7 nitrogen and oxygen atoms in total. The summed E-state index contributed by atoms with van der Waals surface area (Å²) < 4.78 is 41.6. The van der Waals surface area contributed by atoms with Crippen LogP contribution in [-0.2, 0) is 27.1 Å². The number of halogens is 3. The molecular formula is C28H20F3N3O4S3. The van der Waals surface area contributed by atoms with Gasteiger partial charge in [-0.3, -0.25) is 23.7 Å². The Morgan fingerprint density at radius 2 is 1.76 bits per heavy atom. The Labute approximate surface area is 243 Å². The van der Waals surface area contributed by atoms with Gasteiger partial charge in [-0.05, 0) is 48.7 Å². The number of thiophene rings is 1. The first-order valence-corrected chi connectivity index (χ1v) is 15.0. The van der Waals surface area contributed by atoms with Gasteiger partial charge in [-0.1, -0.05) is 52.9 Å². The fraction of sp³-hybridized carbons (Fsp3) is 0.214. The number of aryl methyl sites for hydroxylation is 1. The number of thiazole rings is 1. The van der Waals surface area contributed by atoms with Gasteiger partial charge < -0.3 is 5.32 Å². The van der Waals surface area contributed by atoms with Crippen LogP contribution in [0.4, 0.5) is 24.5 Å². The minimum Gasteiger partial charge on any atom is -0.325 e. The van der Waals surface area contributed by atoms with Crippen molar-refractivity contribution < 1.29 is 27.6 Å². The van der Waals surface area contributed by atoms with Crippen molar-refractivity contribution in [2.24, 2.45) is 5.92 Å². The van der Waals surface area contributed by atoms with E-state index in [1.807, 2.05) is 24.4 Å². The zero-order valence-corrected chi connectivity index (χ0v) is 23.6. The van der Waals surface area contributed by atoms with Gasteiger partial charge >= 0.3 is 11.0 Å². The van der Waals surface area contributed by atoms with Gasteiger partial charge in [0.15, 0.2) is 0 Å². The zero-order chi connectivity index (χ0) is 29.1. The molecule has 0 saturated carbocycles. The number of amides is 3. The predicted octanol–water partition coefficient (Wildman–Crippen LogP) is 5.73. The van der Waals surface area contributed by atoms with E-state index in [1.54, 1.807) is 24.3 Å². The van der Waals surface area contributed by atoms with Crippen molar-refractivity contribution in [1.82, 2.24) is 4.57 Å². The summed E-state index contributed by atoms with van der Waals surface area (Å²) in [6, 6.07) is 14.9. The van der Waals surface area contributed by atoms with Gasteiger partial charge in [-0.15, -0.1) is 11.3 Å². The van der Waals surface area contributed by atoms with Crippen molar-refractivity contribution in [2.75, 3.05) is 10.2 Å². The molecule has 2 aromatic carbocycles. The fourth-order valence-electron chi connectivity index (χ4n) is 5.09. The molecule has 0 bridgehead atoms. The molecule has 13 heteroatoms. The lowest BCUT2D eigenvalue weighted by molar-refractivity contribution is -0.137. The number of imide groups is 1. The Morgan fingerprint density at radius 1 is 1.00 bits per heavy atom. The first-order chi connectivity index (χ1) is 19.5. The molecule has 0 spiro atoms. The van der Waals surface area contributed by atoms with Gasteiger partial charge in [0.25, 0.3) is 0 Å². The number of carbonyl (C=O) groups excluding carboxylic acids is 3. The number of rotatable bonds is 5. The van der Waals surface area contributed by atoms with Crippen LogP contribution >= 0.6 is 34.4 Å². The highest BCUT2D eigenvalue weighted by Crippen LogP contribution is 2.54. The lowest BCUT2D eigenvalue weighted by Crippen LogP contribution is -2.32. The molecule has 0 unspecified atom stereocenters. The minimum atomic E-state index is -4.65. The summed E-state index contributed by atoms with van der Waals surface area (Å²) in [7, 11) is 0. The average molecular weight is 616 g/mol. The van der Waals surface area contributed by atoms with Crippen molar-refractivity contribution in [2.45, 2.75) is 35.8 Å². The van der Waals surface area contributed by atoms with Gasteiger partial charge in [-0.25, -0.2) is 4.90 Å². The molecule has 0 radical (unpaired) electrons. The van der Waals surface area contributed by atoms with Crippen LogP contribution in [0.2, 0.25) is 0 Å². The second-order valence-electron chi connectivity index (χ2n) is 9.66. The summed E-state index contributed by atoms with van der Waals surface area (Å²) >= 11 is 3.28. The number of alkyl halides is 3.